The van der Waals surface area contributed by atoms with E-state index >= 15 is 0 Å². The van der Waals surface area contributed by atoms with Crippen LogP contribution in [0.4, 0.5) is 11.4 Å². The van der Waals surface area contributed by atoms with Gasteiger partial charge in [0, 0.05) is 23.3 Å². The molecule has 5 nitrogen and oxygen atoms in total. The molecule has 2 fully saturated rings. The third kappa shape index (κ3) is 4.46. The molecular formula is C21H32ClN3O2. The Hall–Kier alpha value is -1.59. The predicted octanol–water partition coefficient (Wildman–Crippen LogP) is 4.12. The number of fused-ring (bicyclic) bond motifs is 1. The number of halogens is 1. The first-order chi connectivity index (χ1) is 12.2. The van der Waals surface area contributed by atoms with Gasteiger partial charge >= 0.3 is 0 Å². The molecule has 2 aliphatic rings. The van der Waals surface area contributed by atoms with Gasteiger partial charge < -0.3 is 16.0 Å². The first-order valence-electron chi connectivity index (χ1n) is 9.67. The second-order valence-electron chi connectivity index (χ2n) is 8.92. The van der Waals surface area contributed by atoms with Gasteiger partial charge in [0.05, 0.1) is 5.41 Å². The predicted molar refractivity (Wildman–Crippen MR) is 112 cm³/mol. The summed E-state index contributed by atoms with van der Waals surface area (Å²) in [6, 6.07) is 5.72. The molecule has 6 heteroatoms. The highest BCUT2D eigenvalue weighted by Gasteiger charge is 2.49. The summed E-state index contributed by atoms with van der Waals surface area (Å²) in [5.41, 5.74) is 1.74. The summed E-state index contributed by atoms with van der Waals surface area (Å²) in [7, 11) is 0. The van der Waals surface area contributed by atoms with E-state index in [9.17, 15) is 9.59 Å². The van der Waals surface area contributed by atoms with E-state index in [1.165, 1.54) is 6.42 Å². The van der Waals surface area contributed by atoms with Crippen LogP contribution in [-0.2, 0) is 9.59 Å². The van der Waals surface area contributed by atoms with Crippen LogP contribution in [0.1, 0.15) is 52.0 Å². The number of benzene rings is 1. The minimum atomic E-state index is -0.463. The van der Waals surface area contributed by atoms with Gasteiger partial charge in [-0.05, 0) is 49.9 Å². The molecule has 3 rings (SSSR count). The molecule has 0 bridgehead atoms. The molecule has 1 aromatic carbocycles. The van der Waals surface area contributed by atoms with Crippen molar-refractivity contribution < 1.29 is 9.59 Å². The molecule has 2 atom stereocenters. The fourth-order valence-electron chi connectivity index (χ4n) is 4.09. The Morgan fingerprint density at radius 2 is 1.93 bits per heavy atom. The van der Waals surface area contributed by atoms with E-state index in [0.29, 0.717) is 5.92 Å². The molecule has 1 aliphatic carbocycles. The van der Waals surface area contributed by atoms with Crippen LogP contribution in [0, 0.1) is 23.7 Å². The molecule has 1 saturated heterocycles. The summed E-state index contributed by atoms with van der Waals surface area (Å²) in [6.07, 6.45) is 4.42. The van der Waals surface area contributed by atoms with Crippen molar-refractivity contribution in [1.29, 1.82) is 0 Å². The van der Waals surface area contributed by atoms with E-state index < -0.39 is 5.41 Å². The summed E-state index contributed by atoms with van der Waals surface area (Å²) in [6.45, 7) is 9.33. The number of anilines is 2. The van der Waals surface area contributed by atoms with Crippen LogP contribution < -0.4 is 16.0 Å². The fraction of sp³-hybridized carbons (Fsp3) is 0.619. The second kappa shape index (κ2) is 8.19. The number of hydrogen-bond donors (Lipinski definition) is 3. The van der Waals surface area contributed by atoms with Gasteiger partial charge in [0.15, 0.2) is 0 Å². The Morgan fingerprint density at radius 1 is 1.19 bits per heavy atom. The van der Waals surface area contributed by atoms with Crippen LogP contribution in [0.2, 0.25) is 0 Å². The Labute approximate surface area is 168 Å². The average molecular weight is 394 g/mol. The monoisotopic (exact) mass is 393 g/mol. The van der Waals surface area contributed by atoms with Gasteiger partial charge in [-0.3, -0.25) is 9.59 Å². The summed E-state index contributed by atoms with van der Waals surface area (Å²) in [4.78, 5) is 25.4. The molecule has 2 amide bonds. The van der Waals surface area contributed by atoms with Crippen LogP contribution in [-0.4, -0.2) is 24.9 Å². The second-order valence-corrected chi connectivity index (χ2v) is 8.92. The van der Waals surface area contributed by atoms with Crippen LogP contribution in [0.5, 0.6) is 0 Å². The van der Waals surface area contributed by atoms with Crippen molar-refractivity contribution in [2.24, 2.45) is 16.7 Å². The first kappa shape index (κ1) is 21.7. The van der Waals surface area contributed by atoms with E-state index in [1.54, 1.807) is 0 Å². The lowest BCUT2D eigenvalue weighted by molar-refractivity contribution is -0.128. The van der Waals surface area contributed by atoms with Crippen LogP contribution in [0.3, 0.4) is 0 Å². The maximum atomic E-state index is 13.1. The number of carbonyl (C=O) groups excluding carboxylic acids is 2. The quantitative estimate of drug-likeness (QED) is 0.723. The zero-order chi connectivity index (χ0) is 18.9. The smallest absolute Gasteiger partial charge is 0.232 e. The lowest BCUT2D eigenvalue weighted by Crippen LogP contribution is -2.44. The van der Waals surface area contributed by atoms with Crippen LogP contribution in [0.15, 0.2) is 18.2 Å². The number of rotatable bonds is 3. The topological polar surface area (TPSA) is 70.2 Å². The van der Waals surface area contributed by atoms with Gasteiger partial charge in [0.25, 0.3) is 0 Å². The highest BCUT2D eigenvalue weighted by molar-refractivity contribution is 5.98. The van der Waals surface area contributed by atoms with Crippen molar-refractivity contribution in [3.05, 3.63) is 23.8 Å². The molecule has 1 aliphatic heterocycles. The maximum Gasteiger partial charge on any atom is 0.232 e. The molecule has 27 heavy (non-hydrogen) atoms. The van der Waals surface area contributed by atoms with E-state index in [-0.39, 0.29) is 29.6 Å². The number of hydrogen-bond acceptors (Lipinski definition) is 3. The minimum Gasteiger partial charge on any atom is -0.325 e. The first-order valence-corrected chi connectivity index (χ1v) is 9.67. The number of carbonyl (C=O) groups is 2. The molecule has 0 aromatic heterocycles. The normalized spacial score (nSPS) is 24.5. The summed E-state index contributed by atoms with van der Waals surface area (Å²) < 4.78 is 0. The molecule has 1 saturated carbocycles. The molecule has 0 unspecified atom stereocenters. The number of amides is 2. The minimum absolute atomic E-state index is 0. The SMILES string of the molecule is Cc1ccc(NC(=O)[C@@]23CCCC[C@H]2CNC3)cc1NC(=O)C(C)(C)C.Cl. The number of nitrogens with one attached hydrogen (secondary N) is 3. The van der Waals surface area contributed by atoms with Crippen molar-refractivity contribution in [3.63, 3.8) is 0 Å². The fourth-order valence-corrected chi connectivity index (χ4v) is 4.09. The van der Waals surface area contributed by atoms with E-state index in [2.05, 4.69) is 16.0 Å². The third-order valence-corrected chi connectivity index (χ3v) is 5.92. The molecule has 1 heterocycles. The Kier molecular flexibility index (Phi) is 6.59. The zero-order valence-electron chi connectivity index (χ0n) is 16.8. The van der Waals surface area contributed by atoms with Crippen molar-refractivity contribution in [2.75, 3.05) is 23.7 Å². The Bertz CT molecular complexity index is 714. The molecular weight excluding hydrogens is 362 g/mol. The lowest BCUT2D eigenvalue weighted by Gasteiger charge is -2.37. The van der Waals surface area contributed by atoms with E-state index in [4.69, 9.17) is 0 Å². The summed E-state index contributed by atoms with van der Waals surface area (Å²) in [5.74, 6) is 0.515. The molecule has 3 N–H and O–H groups in total. The van der Waals surface area contributed by atoms with Crippen molar-refractivity contribution in [1.82, 2.24) is 5.32 Å². The van der Waals surface area contributed by atoms with E-state index in [1.807, 2.05) is 45.9 Å². The van der Waals surface area contributed by atoms with Gasteiger partial charge in [-0.1, -0.05) is 39.7 Å². The summed E-state index contributed by atoms with van der Waals surface area (Å²) >= 11 is 0. The van der Waals surface area contributed by atoms with Gasteiger partial charge in [0.2, 0.25) is 11.8 Å². The zero-order valence-corrected chi connectivity index (χ0v) is 17.6. The van der Waals surface area contributed by atoms with Gasteiger partial charge in [-0.2, -0.15) is 0 Å². The van der Waals surface area contributed by atoms with Crippen molar-refractivity contribution in [2.45, 2.75) is 53.4 Å². The van der Waals surface area contributed by atoms with Gasteiger partial charge in [-0.25, -0.2) is 0 Å². The lowest BCUT2D eigenvalue weighted by atomic mass is 9.67. The number of aryl methyl sites for hydroxylation is 1. The molecule has 0 radical (unpaired) electrons. The standard InChI is InChI=1S/C21H31N3O2.ClH/c1-14-8-9-16(11-17(14)24-18(25)20(2,3)4)23-19(26)21-10-6-5-7-15(21)12-22-13-21;/h8-9,11,15,22H,5-7,10,12-13H2,1-4H3,(H,23,26)(H,24,25);1H/t15-,21+;/m0./s1. The molecule has 1 aromatic rings. The summed E-state index contributed by atoms with van der Waals surface area (Å²) in [5, 5.41) is 9.53. The maximum absolute atomic E-state index is 13.1. The van der Waals surface area contributed by atoms with Gasteiger partial charge in [0.1, 0.15) is 0 Å². The largest absolute Gasteiger partial charge is 0.325 e. The average Bonchev–Trinajstić information content (AvgIpc) is 3.02. The van der Waals surface area contributed by atoms with Crippen molar-refractivity contribution in [3.8, 4) is 0 Å². The van der Waals surface area contributed by atoms with Crippen LogP contribution in [0.25, 0.3) is 0 Å². The highest BCUT2D eigenvalue weighted by Crippen LogP contribution is 2.44. The van der Waals surface area contributed by atoms with Crippen molar-refractivity contribution >= 4 is 35.6 Å². The molecule has 0 spiro atoms. The molecule has 150 valence electrons. The Balaban J connectivity index is 0.00000261. The van der Waals surface area contributed by atoms with Crippen LogP contribution >= 0.6 is 12.4 Å². The van der Waals surface area contributed by atoms with Gasteiger partial charge in [-0.15, -0.1) is 12.4 Å². The Morgan fingerprint density at radius 3 is 2.63 bits per heavy atom. The highest BCUT2D eigenvalue weighted by atomic mass is 35.5. The van der Waals surface area contributed by atoms with E-state index in [0.717, 1.165) is 49.3 Å². The third-order valence-electron chi connectivity index (χ3n) is 5.92.